The number of fused-ring (bicyclic) bond motifs is 3. The number of benzene rings is 9. The smallest absolute Gasteiger partial charge is 0.261 e. The van der Waals surface area contributed by atoms with Crippen molar-refractivity contribution in [2.24, 2.45) is 23.3 Å². The Morgan fingerprint density at radius 2 is 1.12 bits per heavy atom. The van der Waals surface area contributed by atoms with Gasteiger partial charge >= 0.3 is 0 Å². The van der Waals surface area contributed by atoms with E-state index in [4.69, 9.17) is 44.1 Å². The Morgan fingerprint density at radius 1 is 0.581 bits per heavy atom. The molecule has 0 spiro atoms. The third kappa shape index (κ3) is 18.4. The molecule has 0 unspecified atom stereocenters. The number of aromatic nitrogens is 3. The van der Waals surface area contributed by atoms with Crippen LogP contribution in [-0.2, 0) is 19.4 Å². The van der Waals surface area contributed by atoms with Crippen molar-refractivity contribution in [3.05, 3.63) is 334 Å². The molecule has 2 atom stereocenters. The van der Waals surface area contributed by atoms with Crippen LogP contribution in [0.15, 0.2) is 250 Å². The zero-order valence-electron chi connectivity index (χ0n) is 61.1. The minimum atomic E-state index is -0.227. The number of hydrogen-bond acceptors (Lipinski definition) is 11. The van der Waals surface area contributed by atoms with Gasteiger partial charge in [-0.1, -0.05) is 227 Å². The van der Waals surface area contributed by atoms with Crippen LogP contribution in [0.25, 0.3) is 55.3 Å². The van der Waals surface area contributed by atoms with Crippen LogP contribution in [0.1, 0.15) is 134 Å². The van der Waals surface area contributed by atoms with E-state index in [9.17, 15) is 19.5 Å². The second kappa shape index (κ2) is 35.5. The number of nitrogens with two attached hydrogens (primary N) is 2. The highest BCUT2D eigenvalue weighted by molar-refractivity contribution is 6.31. The fourth-order valence-corrected chi connectivity index (χ4v) is 14.5. The number of rotatable bonds is 24. The van der Waals surface area contributed by atoms with Crippen LogP contribution < -0.4 is 32.8 Å². The fourth-order valence-electron chi connectivity index (χ4n) is 14.2. The third-order valence-corrected chi connectivity index (χ3v) is 20.1. The molecule has 13 nitrogen and oxygen atoms in total. The summed E-state index contributed by atoms with van der Waals surface area (Å²) in [5.74, 6) is 1.76. The summed E-state index contributed by atoms with van der Waals surface area (Å²) in [6.45, 7) is 26.7. The lowest BCUT2D eigenvalue weighted by Gasteiger charge is -2.38. The van der Waals surface area contributed by atoms with Crippen molar-refractivity contribution in [2.45, 2.75) is 105 Å². The highest BCUT2D eigenvalue weighted by Gasteiger charge is 2.33. The van der Waals surface area contributed by atoms with E-state index in [1.54, 1.807) is 54.6 Å². The molecule has 1 saturated heterocycles. The van der Waals surface area contributed by atoms with E-state index in [0.717, 1.165) is 87.6 Å². The zero-order chi connectivity index (χ0) is 74.3. The van der Waals surface area contributed by atoms with E-state index >= 15 is 0 Å². The molecular formula is C90H96Cl2N8O5. The van der Waals surface area contributed by atoms with E-state index in [-0.39, 0.29) is 46.1 Å². The van der Waals surface area contributed by atoms with E-state index in [1.807, 2.05) is 102 Å². The Morgan fingerprint density at radius 3 is 1.69 bits per heavy atom. The second-order valence-electron chi connectivity index (χ2n) is 28.1. The lowest BCUT2D eigenvalue weighted by Crippen LogP contribution is -2.38. The molecule has 13 rings (SSSR count). The van der Waals surface area contributed by atoms with Crippen molar-refractivity contribution in [1.29, 1.82) is 0 Å². The van der Waals surface area contributed by atoms with Crippen molar-refractivity contribution >= 4 is 73.1 Å². The topological polar surface area (TPSA) is 180 Å². The molecule has 105 heavy (non-hydrogen) atoms. The number of anilines is 1. The molecule has 6 N–H and O–H groups in total. The van der Waals surface area contributed by atoms with Gasteiger partial charge in [0.1, 0.15) is 22.9 Å². The lowest BCUT2D eigenvalue weighted by atomic mass is 9.91. The molecule has 15 heteroatoms. The average Bonchev–Trinajstić information content (AvgIpc) is 0.775. The Balaban J connectivity index is 0.000000158. The number of hydrogen-bond donors (Lipinski definition) is 4. The van der Waals surface area contributed by atoms with Crippen LogP contribution in [0.4, 0.5) is 5.69 Å². The van der Waals surface area contributed by atoms with E-state index < -0.39 is 0 Å². The molecule has 1 fully saturated rings. The minimum Gasteiger partial charge on any atom is -0.508 e. The first-order valence-corrected chi connectivity index (χ1v) is 37.3. The number of pyridine rings is 1. The van der Waals surface area contributed by atoms with Gasteiger partial charge in [0.05, 0.1) is 34.9 Å². The number of phenolic OH excluding ortho intramolecular Hbond substituents is 1. The van der Waals surface area contributed by atoms with Gasteiger partial charge in [0.15, 0.2) is 10.9 Å². The van der Waals surface area contributed by atoms with Crippen molar-refractivity contribution in [1.82, 2.24) is 24.3 Å². The third-order valence-electron chi connectivity index (χ3n) is 19.6. The summed E-state index contributed by atoms with van der Waals surface area (Å²) >= 11 is 12.6. The summed E-state index contributed by atoms with van der Waals surface area (Å²) in [7, 11) is 0. The lowest BCUT2D eigenvalue weighted by molar-refractivity contribution is 0.204. The van der Waals surface area contributed by atoms with Gasteiger partial charge in [0.2, 0.25) is 0 Å². The fraction of sp³-hybridized carbons (Fsp3) is 0.267. The maximum absolute atomic E-state index is 13.9. The number of aromatic amines is 1. The minimum absolute atomic E-state index is 0.00383. The van der Waals surface area contributed by atoms with Gasteiger partial charge in [-0.15, -0.1) is 0 Å². The van der Waals surface area contributed by atoms with E-state index in [1.165, 1.54) is 30.4 Å². The quantitative estimate of drug-likeness (QED) is 0.0452. The Hall–Kier alpha value is -10.3. The van der Waals surface area contributed by atoms with Crippen molar-refractivity contribution in [3.8, 4) is 16.9 Å². The Labute approximate surface area is 626 Å². The van der Waals surface area contributed by atoms with Gasteiger partial charge in [-0.25, -0.2) is 4.98 Å². The molecule has 540 valence electrons. The largest absolute Gasteiger partial charge is 0.508 e. The van der Waals surface area contributed by atoms with Gasteiger partial charge in [0.25, 0.3) is 5.56 Å². The van der Waals surface area contributed by atoms with Gasteiger partial charge in [0, 0.05) is 99.9 Å². The summed E-state index contributed by atoms with van der Waals surface area (Å²) < 4.78 is 8.43. The SMILES string of the molecule is C=C(c1ccc(C)cc1)N(CCCN)[C@@H](c1nc2cc(Cl)ccc2c(=O)n1Cc1ccccc1)C(C)C.C=C(c1ccc(C)cc1)N(CCCN)[C@@H](c1oc2cc(Cl)ccc2c(=O)c1Cc1ccccc1)C(C)C.O=c1c(-c2cccc(O)c2)c(Cc2ccccc2)[nH]c2ccc(N3CCCCC3)cc12. The molecule has 0 amide bonds. The van der Waals surface area contributed by atoms with E-state index in [0.29, 0.717) is 106 Å². The number of aryl methyl sites for hydroxylation is 2. The van der Waals surface area contributed by atoms with Crippen molar-refractivity contribution in [3.63, 3.8) is 0 Å². The first-order chi connectivity index (χ1) is 50.8. The highest BCUT2D eigenvalue weighted by Crippen LogP contribution is 2.40. The molecule has 1 aliphatic heterocycles. The Kier molecular flexibility index (Phi) is 25.6. The molecule has 0 radical (unpaired) electrons. The monoisotopic (exact) mass is 1440 g/mol. The average molecular weight is 1440 g/mol. The van der Waals surface area contributed by atoms with Gasteiger partial charge in [-0.2, -0.15) is 0 Å². The van der Waals surface area contributed by atoms with Gasteiger partial charge in [-0.05, 0) is 165 Å². The number of halogens is 2. The summed E-state index contributed by atoms with van der Waals surface area (Å²) in [4.78, 5) is 57.2. The number of aromatic hydroxyl groups is 1. The van der Waals surface area contributed by atoms with E-state index in [2.05, 4.69) is 141 Å². The normalized spacial score (nSPS) is 12.7. The number of nitrogens with zero attached hydrogens (tertiary/aromatic N) is 5. The summed E-state index contributed by atoms with van der Waals surface area (Å²) in [6.07, 6.45) is 6.32. The number of H-pyrrole nitrogens is 1. The predicted molar refractivity (Wildman–Crippen MR) is 437 cm³/mol. The summed E-state index contributed by atoms with van der Waals surface area (Å²) in [6, 6.07) is 70.1. The molecular weight excluding hydrogens is 1340 g/mol. The van der Waals surface area contributed by atoms with Crippen LogP contribution in [0.2, 0.25) is 10.0 Å². The molecule has 4 heterocycles. The van der Waals surface area contributed by atoms with Crippen LogP contribution in [-0.4, -0.2) is 68.7 Å². The first-order valence-electron chi connectivity index (χ1n) is 36.5. The molecule has 3 aromatic heterocycles. The van der Waals surface area contributed by atoms with Crippen molar-refractivity contribution < 1.29 is 9.52 Å². The molecule has 12 aromatic rings. The zero-order valence-corrected chi connectivity index (χ0v) is 62.6. The van der Waals surface area contributed by atoms with Crippen LogP contribution in [0.3, 0.4) is 0 Å². The highest BCUT2D eigenvalue weighted by atomic mass is 35.5. The number of piperidine rings is 1. The summed E-state index contributed by atoms with van der Waals surface area (Å²) in [5, 5.41) is 12.9. The Bertz CT molecular complexity index is 4930. The second-order valence-corrected chi connectivity index (χ2v) is 28.9. The number of nitrogens with one attached hydrogen (secondary N) is 1. The summed E-state index contributed by atoms with van der Waals surface area (Å²) in [5.41, 5.74) is 27.2. The standard InChI is InChI=1S/C32H35ClN2O2.C31H35ClN4O.C27H26N2O2/c1-21(2)30(35(18-8-17-34)23(4)25-13-11-22(3)12-14-25)32-28(19-24-9-6-5-7-10-24)31(36)27-16-15-26(33)20-29(27)37-32;1-21(2)29(35(18-8-17-33)23(4)25-13-11-22(3)12-14-25)30-34-28-19-26(32)15-16-27(28)31(37)36(30)20-24-9-6-5-7-10-24;30-22-11-7-10-20(17-22)26-25(16-19-8-3-1-4-9-19)28-24-13-12-21(18-23(24)27(26)31)29-14-5-2-6-15-29/h5-7,9-16,20-21,30H,4,8,17-19,34H2,1-3H3;5-7,9-16,19,21,29H,4,8,17-18,20,33H2,1-3H3;1,3-4,7-13,17-18,30H,2,5-6,14-16H2,(H,28,31)/t30-;29-;/m11./s1. The molecule has 0 saturated carbocycles. The predicted octanol–water partition coefficient (Wildman–Crippen LogP) is 19.3. The molecule has 0 aliphatic carbocycles. The maximum Gasteiger partial charge on any atom is 0.261 e. The van der Waals surface area contributed by atoms with Crippen LogP contribution in [0, 0.1) is 25.7 Å². The molecule has 1 aliphatic rings. The first kappa shape index (κ1) is 75.9. The van der Waals surface area contributed by atoms with Crippen LogP contribution >= 0.6 is 23.2 Å². The molecule has 9 aromatic carbocycles. The maximum atomic E-state index is 13.9. The molecule has 0 bridgehead atoms. The number of phenols is 1. The van der Waals surface area contributed by atoms with Crippen LogP contribution in [0.5, 0.6) is 5.75 Å². The van der Waals surface area contributed by atoms with Crippen molar-refractivity contribution in [2.75, 3.05) is 44.2 Å². The van der Waals surface area contributed by atoms with Gasteiger partial charge in [-0.3, -0.25) is 19.0 Å². The van der Waals surface area contributed by atoms with Gasteiger partial charge < -0.3 is 40.7 Å².